The van der Waals surface area contributed by atoms with Gasteiger partial charge in [-0.25, -0.2) is 14.2 Å². The molecule has 2 aromatic rings. The summed E-state index contributed by atoms with van der Waals surface area (Å²) < 4.78 is 18.5. The molecule has 0 atom stereocenters. The quantitative estimate of drug-likeness (QED) is 0.931. The lowest BCUT2D eigenvalue weighted by Crippen LogP contribution is -2.11. The fourth-order valence-corrected chi connectivity index (χ4v) is 2.59. The van der Waals surface area contributed by atoms with Gasteiger partial charge in [0.15, 0.2) is 0 Å². The lowest BCUT2D eigenvalue weighted by molar-refractivity contribution is 0.0691. The van der Waals surface area contributed by atoms with Crippen LogP contribution in [0.1, 0.15) is 41.8 Å². The third-order valence-electron chi connectivity index (χ3n) is 2.84. The van der Waals surface area contributed by atoms with Gasteiger partial charge >= 0.3 is 5.97 Å². The molecule has 0 unspecified atom stereocenters. The summed E-state index contributed by atoms with van der Waals surface area (Å²) in [5.74, 6) is -1.69. The molecule has 0 radical (unpaired) electrons. The lowest BCUT2D eigenvalue weighted by Gasteiger charge is -2.14. The van der Waals surface area contributed by atoms with Crippen LogP contribution in [0.2, 0.25) is 0 Å². The van der Waals surface area contributed by atoms with Gasteiger partial charge in [0.2, 0.25) is 0 Å². The number of aromatic nitrogens is 1. The average molecular weight is 309 g/mol. The van der Waals surface area contributed by atoms with Crippen LogP contribution in [0.25, 0.3) is 0 Å². The maximum absolute atomic E-state index is 13.1. The number of aromatic carboxylic acids is 1. The molecule has 1 aromatic heterocycles. The van der Waals surface area contributed by atoms with Crippen molar-refractivity contribution in [3.8, 4) is 5.75 Å². The Morgan fingerprint density at radius 2 is 2.14 bits per heavy atom. The lowest BCUT2D eigenvalue weighted by atomic mass is 9.93. The van der Waals surface area contributed by atoms with Crippen molar-refractivity contribution in [2.75, 3.05) is 0 Å². The molecule has 0 fully saturated rings. The van der Waals surface area contributed by atoms with E-state index in [0.717, 1.165) is 16.8 Å². The number of ether oxygens (including phenoxy) is 1. The van der Waals surface area contributed by atoms with Gasteiger partial charge in [-0.2, -0.15) is 0 Å². The van der Waals surface area contributed by atoms with Gasteiger partial charge in [0.05, 0.1) is 5.69 Å². The fraction of sp³-hybridized carbons (Fsp3) is 0.333. The van der Waals surface area contributed by atoms with E-state index in [1.54, 1.807) is 0 Å². The van der Waals surface area contributed by atoms with Gasteiger partial charge < -0.3 is 9.84 Å². The van der Waals surface area contributed by atoms with Gasteiger partial charge in [-0.1, -0.05) is 20.8 Å². The molecular formula is C15H16FNO3S. The predicted molar refractivity (Wildman–Crippen MR) is 78.5 cm³/mol. The van der Waals surface area contributed by atoms with Crippen LogP contribution < -0.4 is 4.74 Å². The number of carboxylic acid groups (broad SMARTS) is 1. The van der Waals surface area contributed by atoms with Crippen LogP contribution in [-0.2, 0) is 12.0 Å². The third kappa shape index (κ3) is 3.78. The van der Waals surface area contributed by atoms with E-state index in [2.05, 4.69) is 25.8 Å². The van der Waals surface area contributed by atoms with Crippen LogP contribution in [0.3, 0.4) is 0 Å². The highest BCUT2D eigenvalue weighted by atomic mass is 32.1. The third-order valence-corrected chi connectivity index (χ3v) is 3.67. The Bertz CT molecular complexity index is 661. The Hall–Kier alpha value is -1.95. The molecular weight excluding hydrogens is 293 g/mol. The molecule has 0 bridgehead atoms. The van der Waals surface area contributed by atoms with Crippen molar-refractivity contribution in [2.24, 2.45) is 0 Å². The minimum atomic E-state index is -1.22. The molecule has 1 N–H and O–H groups in total. The van der Waals surface area contributed by atoms with Crippen molar-refractivity contribution in [1.82, 2.24) is 4.98 Å². The Morgan fingerprint density at radius 3 is 2.71 bits per heavy atom. The van der Waals surface area contributed by atoms with Crippen LogP contribution in [0.15, 0.2) is 23.6 Å². The van der Waals surface area contributed by atoms with Gasteiger partial charge in [-0.05, 0) is 18.2 Å². The van der Waals surface area contributed by atoms with E-state index < -0.39 is 11.8 Å². The first kappa shape index (κ1) is 15.4. The van der Waals surface area contributed by atoms with Gasteiger partial charge in [0, 0.05) is 10.8 Å². The molecule has 4 nitrogen and oxygen atoms in total. The highest BCUT2D eigenvalue weighted by Gasteiger charge is 2.18. The summed E-state index contributed by atoms with van der Waals surface area (Å²) in [4.78, 5) is 15.5. The molecule has 0 amide bonds. The van der Waals surface area contributed by atoms with E-state index in [4.69, 9.17) is 9.84 Å². The fourth-order valence-electron chi connectivity index (χ4n) is 1.66. The standard InChI is InChI=1S/C15H16FNO3S/c1-15(2,3)12-8-21-13(17-12)7-20-11-5-4-9(16)6-10(11)14(18)19/h4-6,8H,7H2,1-3H3,(H,18,19). The first-order valence-corrected chi connectivity index (χ1v) is 7.26. The number of thiazole rings is 1. The highest BCUT2D eigenvalue weighted by molar-refractivity contribution is 7.09. The molecule has 0 aliphatic carbocycles. The SMILES string of the molecule is CC(C)(C)c1csc(COc2ccc(F)cc2C(=O)O)n1. The van der Waals surface area contributed by atoms with Crippen LogP contribution in [0, 0.1) is 5.82 Å². The number of halogens is 1. The number of rotatable bonds is 4. The largest absolute Gasteiger partial charge is 0.486 e. The summed E-state index contributed by atoms with van der Waals surface area (Å²) in [5.41, 5.74) is 0.725. The van der Waals surface area contributed by atoms with Crippen molar-refractivity contribution < 1.29 is 19.0 Å². The average Bonchev–Trinajstić information content (AvgIpc) is 2.85. The van der Waals surface area contributed by atoms with E-state index in [1.807, 2.05) is 5.38 Å². The summed E-state index contributed by atoms with van der Waals surface area (Å²) >= 11 is 1.46. The molecule has 2 rings (SSSR count). The minimum Gasteiger partial charge on any atom is -0.486 e. The van der Waals surface area contributed by atoms with Crippen molar-refractivity contribution in [3.05, 3.63) is 45.7 Å². The minimum absolute atomic E-state index is 0.0448. The summed E-state index contributed by atoms with van der Waals surface area (Å²) in [7, 11) is 0. The monoisotopic (exact) mass is 309 g/mol. The van der Waals surface area contributed by atoms with Crippen LogP contribution in [-0.4, -0.2) is 16.1 Å². The molecule has 0 aliphatic heterocycles. The number of benzene rings is 1. The smallest absolute Gasteiger partial charge is 0.339 e. The van der Waals surface area contributed by atoms with Crippen molar-refractivity contribution in [3.63, 3.8) is 0 Å². The second-order valence-electron chi connectivity index (χ2n) is 5.61. The Balaban J connectivity index is 2.13. The van der Waals surface area contributed by atoms with Crippen LogP contribution >= 0.6 is 11.3 Å². The van der Waals surface area contributed by atoms with Gasteiger partial charge in [-0.15, -0.1) is 11.3 Å². The zero-order valence-electron chi connectivity index (χ0n) is 12.0. The van der Waals surface area contributed by atoms with E-state index in [1.165, 1.54) is 23.5 Å². The molecule has 21 heavy (non-hydrogen) atoms. The summed E-state index contributed by atoms with van der Waals surface area (Å²) in [6, 6.07) is 3.43. The maximum Gasteiger partial charge on any atom is 0.339 e. The molecule has 1 heterocycles. The molecule has 0 saturated carbocycles. The molecule has 0 aliphatic rings. The summed E-state index contributed by atoms with van der Waals surface area (Å²) in [6.45, 7) is 6.35. The molecule has 1 aromatic carbocycles. The Kier molecular flexibility index (Phi) is 4.27. The summed E-state index contributed by atoms with van der Waals surface area (Å²) in [5, 5.41) is 11.7. The van der Waals surface area contributed by atoms with E-state index >= 15 is 0 Å². The van der Waals surface area contributed by atoms with Crippen LogP contribution in [0.4, 0.5) is 4.39 Å². The van der Waals surface area contributed by atoms with E-state index in [0.29, 0.717) is 0 Å². The van der Waals surface area contributed by atoms with E-state index in [9.17, 15) is 9.18 Å². The summed E-state index contributed by atoms with van der Waals surface area (Å²) in [6.07, 6.45) is 0. The molecule has 0 saturated heterocycles. The Labute approximate surface area is 126 Å². The van der Waals surface area contributed by atoms with Crippen molar-refractivity contribution in [2.45, 2.75) is 32.8 Å². The highest BCUT2D eigenvalue weighted by Crippen LogP contribution is 2.25. The molecule has 6 heteroatoms. The molecule has 112 valence electrons. The van der Waals surface area contributed by atoms with Crippen molar-refractivity contribution >= 4 is 17.3 Å². The van der Waals surface area contributed by atoms with Gasteiger partial charge in [-0.3, -0.25) is 0 Å². The van der Waals surface area contributed by atoms with Crippen LogP contribution in [0.5, 0.6) is 5.75 Å². The van der Waals surface area contributed by atoms with E-state index in [-0.39, 0.29) is 23.3 Å². The second kappa shape index (κ2) is 5.81. The topological polar surface area (TPSA) is 59.4 Å². The first-order valence-electron chi connectivity index (χ1n) is 6.38. The normalized spacial score (nSPS) is 11.4. The number of nitrogens with zero attached hydrogens (tertiary/aromatic N) is 1. The van der Waals surface area contributed by atoms with Gasteiger partial charge in [0.1, 0.15) is 28.7 Å². The predicted octanol–water partition coefficient (Wildman–Crippen LogP) is 3.86. The first-order chi connectivity index (χ1) is 9.77. The number of carboxylic acids is 1. The second-order valence-corrected chi connectivity index (χ2v) is 6.55. The number of hydrogen-bond donors (Lipinski definition) is 1. The number of carbonyl (C=O) groups is 1. The zero-order chi connectivity index (χ0) is 15.6. The Morgan fingerprint density at radius 1 is 1.43 bits per heavy atom. The zero-order valence-corrected chi connectivity index (χ0v) is 12.8. The maximum atomic E-state index is 13.1. The number of hydrogen-bond acceptors (Lipinski definition) is 4. The van der Waals surface area contributed by atoms with Gasteiger partial charge in [0.25, 0.3) is 0 Å². The molecule has 0 spiro atoms. The van der Waals surface area contributed by atoms with Crippen molar-refractivity contribution in [1.29, 1.82) is 0 Å².